The molecule has 2 N–H and O–H groups in total. The number of hydrogen-bond acceptors (Lipinski definition) is 5. The van der Waals surface area contributed by atoms with Crippen molar-refractivity contribution in [1.29, 1.82) is 0 Å². The second-order valence-electron chi connectivity index (χ2n) is 4.21. The van der Waals surface area contributed by atoms with E-state index < -0.39 is 5.97 Å². The van der Waals surface area contributed by atoms with Crippen molar-refractivity contribution in [3.05, 3.63) is 59.9 Å². The molecule has 0 amide bonds. The van der Waals surface area contributed by atoms with E-state index in [0.29, 0.717) is 5.69 Å². The fourth-order valence-corrected chi connectivity index (χ4v) is 1.86. The summed E-state index contributed by atoms with van der Waals surface area (Å²) in [7, 11) is 1.31. The van der Waals surface area contributed by atoms with Crippen LogP contribution in [0.4, 0.5) is 5.69 Å². The molecule has 5 nitrogen and oxygen atoms in total. The molecule has 0 saturated heterocycles. The van der Waals surface area contributed by atoms with Gasteiger partial charge in [0, 0.05) is 11.9 Å². The zero-order chi connectivity index (χ0) is 14.4. The predicted octanol–water partition coefficient (Wildman–Crippen LogP) is 2.01. The number of esters is 1. The third kappa shape index (κ3) is 3.33. The summed E-state index contributed by atoms with van der Waals surface area (Å²) < 4.78 is 4.63. The van der Waals surface area contributed by atoms with Gasteiger partial charge in [0.2, 0.25) is 0 Å². The monoisotopic (exact) mass is 272 g/mol. The van der Waals surface area contributed by atoms with Crippen LogP contribution in [0.2, 0.25) is 0 Å². The molecule has 0 aliphatic heterocycles. The summed E-state index contributed by atoms with van der Waals surface area (Å²) in [6.45, 7) is -0.0557. The van der Waals surface area contributed by atoms with Crippen LogP contribution in [-0.2, 0) is 4.74 Å². The Labute approximate surface area is 117 Å². The highest BCUT2D eigenvalue weighted by atomic mass is 16.5. The summed E-state index contributed by atoms with van der Waals surface area (Å²) in [5.74, 6) is -0.492. The number of aromatic nitrogens is 1. The maximum atomic E-state index is 11.4. The van der Waals surface area contributed by atoms with Gasteiger partial charge in [0.25, 0.3) is 0 Å². The number of carbonyl (C=O) groups is 1. The molecule has 1 aromatic heterocycles. The maximum Gasteiger partial charge on any atom is 0.356 e. The van der Waals surface area contributed by atoms with Gasteiger partial charge >= 0.3 is 5.97 Å². The van der Waals surface area contributed by atoms with E-state index in [0.717, 1.165) is 5.56 Å². The van der Waals surface area contributed by atoms with E-state index in [2.05, 4.69) is 15.0 Å². The second-order valence-corrected chi connectivity index (χ2v) is 4.21. The van der Waals surface area contributed by atoms with Crippen LogP contribution in [0.25, 0.3) is 0 Å². The molecular formula is C15H16N2O3. The Morgan fingerprint density at radius 2 is 2.10 bits per heavy atom. The first-order valence-corrected chi connectivity index (χ1v) is 6.21. The lowest BCUT2D eigenvalue weighted by Crippen LogP contribution is -2.15. The van der Waals surface area contributed by atoms with Crippen molar-refractivity contribution in [2.24, 2.45) is 0 Å². The van der Waals surface area contributed by atoms with E-state index in [-0.39, 0.29) is 18.3 Å². The Hall–Kier alpha value is -2.40. The van der Waals surface area contributed by atoms with E-state index in [9.17, 15) is 9.90 Å². The summed E-state index contributed by atoms with van der Waals surface area (Å²) in [6.07, 6.45) is 1.52. The number of ether oxygens (including phenoxy) is 1. The van der Waals surface area contributed by atoms with Gasteiger partial charge in [-0.05, 0) is 17.7 Å². The second kappa shape index (κ2) is 6.68. The molecule has 0 saturated carbocycles. The highest BCUT2D eigenvalue weighted by Gasteiger charge is 2.12. The van der Waals surface area contributed by atoms with Crippen molar-refractivity contribution in [2.75, 3.05) is 19.0 Å². The molecule has 0 bridgehead atoms. The van der Waals surface area contributed by atoms with Crippen molar-refractivity contribution in [1.82, 2.24) is 4.98 Å². The van der Waals surface area contributed by atoms with Crippen LogP contribution < -0.4 is 5.32 Å². The van der Waals surface area contributed by atoms with Gasteiger partial charge in [-0.2, -0.15) is 0 Å². The first-order valence-electron chi connectivity index (χ1n) is 6.21. The van der Waals surface area contributed by atoms with Crippen molar-refractivity contribution >= 4 is 11.7 Å². The number of methoxy groups -OCH3 is 1. The Bertz CT molecular complexity index is 572. The van der Waals surface area contributed by atoms with E-state index >= 15 is 0 Å². The van der Waals surface area contributed by atoms with Crippen LogP contribution >= 0.6 is 0 Å². The number of anilines is 1. The first-order chi connectivity index (χ1) is 9.74. The summed E-state index contributed by atoms with van der Waals surface area (Å²) in [4.78, 5) is 15.4. The molecule has 5 heteroatoms. The van der Waals surface area contributed by atoms with Gasteiger partial charge in [-0.1, -0.05) is 30.3 Å². The maximum absolute atomic E-state index is 11.4. The normalized spacial score (nSPS) is 11.7. The number of aliphatic hydroxyl groups excluding tert-OH is 1. The van der Waals surface area contributed by atoms with E-state index in [4.69, 9.17) is 0 Å². The Morgan fingerprint density at radius 3 is 2.75 bits per heavy atom. The molecule has 0 fully saturated rings. The zero-order valence-corrected chi connectivity index (χ0v) is 11.1. The van der Waals surface area contributed by atoms with Crippen LogP contribution in [0, 0.1) is 0 Å². The van der Waals surface area contributed by atoms with Crippen LogP contribution in [0.1, 0.15) is 22.1 Å². The molecule has 104 valence electrons. The van der Waals surface area contributed by atoms with Crippen molar-refractivity contribution in [2.45, 2.75) is 6.04 Å². The third-order valence-electron chi connectivity index (χ3n) is 2.88. The Balaban J connectivity index is 2.18. The Morgan fingerprint density at radius 1 is 1.35 bits per heavy atom. The number of nitrogens with zero attached hydrogens (tertiary/aromatic N) is 1. The lowest BCUT2D eigenvalue weighted by atomic mass is 10.1. The number of aliphatic hydroxyl groups is 1. The fourth-order valence-electron chi connectivity index (χ4n) is 1.86. The number of nitrogens with one attached hydrogen (secondary N) is 1. The summed E-state index contributed by atoms with van der Waals surface area (Å²) >= 11 is 0. The standard InChI is InChI=1S/C15H16N2O3/c1-20-15(19)13-9-12(7-8-16-13)17-14(10-18)11-5-3-2-4-6-11/h2-9,14,18H,10H2,1H3,(H,16,17). The first kappa shape index (κ1) is 14.0. The minimum Gasteiger partial charge on any atom is -0.464 e. The van der Waals surface area contributed by atoms with Crippen LogP contribution in [-0.4, -0.2) is 29.8 Å². The minimum atomic E-state index is -0.492. The average molecular weight is 272 g/mol. The van der Waals surface area contributed by atoms with Gasteiger partial charge in [0.1, 0.15) is 5.69 Å². The molecule has 1 unspecified atom stereocenters. The van der Waals surface area contributed by atoms with E-state index in [1.54, 1.807) is 12.1 Å². The molecule has 20 heavy (non-hydrogen) atoms. The molecule has 1 aromatic carbocycles. The van der Waals surface area contributed by atoms with Gasteiger partial charge in [0.15, 0.2) is 0 Å². The SMILES string of the molecule is COC(=O)c1cc(NC(CO)c2ccccc2)ccn1. The molecular weight excluding hydrogens is 256 g/mol. The van der Waals surface area contributed by atoms with Gasteiger partial charge in [-0.3, -0.25) is 0 Å². The third-order valence-corrected chi connectivity index (χ3v) is 2.88. The number of hydrogen-bond donors (Lipinski definition) is 2. The molecule has 0 aliphatic carbocycles. The number of pyridine rings is 1. The lowest BCUT2D eigenvalue weighted by Gasteiger charge is -2.18. The zero-order valence-electron chi connectivity index (χ0n) is 11.1. The largest absolute Gasteiger partial charge is 0.464 e. The van der Waals surface area contributed by atoms with Gasteiger partial charge in [-0.15, -0.1) is 0 Å². The molecule has 1 heterocycles. The number of rotatable bonds is 5. The molecule has 2 rings (SSSR count). The summed E-state index contributed by atoms with van der Waals surface area (Å²) in [5.41, 5.74) is 1.89. The molecule has 2 aromatic rings. The number of carbonyl (C=O) groups excluding carboxylic acids is 1. The highest BCUT2D eigenvalue weighted by Crippen LogP contribution is 2.19. The molecule has 0 radical (unpaired) electrons. The van der Waals surface area contributed by atoms with Crippen molar-refractivity contribution < 1.29 is 14.6 Å². The van der Waals surface area contributed by atoms with E-state index in [1.165, 1.54) is 13.3 Å². The van der Waals surface area contributed by atoms with Crippen molar-refractivity contribution in [3.63, 3.8) is 0 Å². The van der Waals surface area contributed by atoms with Crippen LogP contribution in [0.5, 0.6) is 0 Å². The molecule has 0 aliphatic rings. The minimum absolute atomic E-state index is 0.0557. The van der Waals surface area contributed by atoms with Gasteiger partial charge < -0.3 is 15.2 Å². The summed E-state index contributed by atoms with van der Waals surface area (Å²) in [6, 6.07) is 12.7. The van der Waals surface area contributed by atoms with Gasteiger partial charge in [0.05, 0.1) is 19.8 Å². The fraction of sp³-hybridized carbons (Fsp3) is 0.200. The lowest BCUT2D eigenvalue weighted by molar-refractivity contribution is 0.0594. The Kier molecular flexibility index (Phi) is 4.68. The molecule has 0 spiro atoms. The van der Waals surface area contributed by atoms with Gasteiger partial charge in [-0.25, -0.2) is 9.78 Å². The van der Waals surface area contributed by atoms with E-state index in [1.807, 2.05) is 30.3 Å². The molecule has 1 atom stereocenters. The predicted molar refractivity (Wildman–Crippen MR) is 75.5 cm³/mol. The average Bonchev–Trinajstić information content (AvgIpc) is 2.53. The topological polar surface area (TPSA) is 71.5 Å². The number of benzene rings is 1. The smallest absolute Gasteiger partial charge is 0.356 e. The summed E-state index contributed by atoms with van der Waals surface area (Å²) in [5, 5.41) is 12.7. The highest BCUT2D eigenvalue weighted by molar-refractivity contribution is 5.88. The van der Waals surface area contributed by atoms with Crippen LogP contribution in [0.3, 0.4) is 0 Å². The van der Waals surface area contributed by atoms with Crippen molar-refractivity contribution in [3.8, 4) is 0 Å². The quantitative estimate of drug-likeness (QED) is 0.815. The van der Waals surface area contributed by atoms with Crippen LogP contribution in [0.15, 0.2) is 48.7 Å².